The molecule has 0 fully saturated rings. The predicted octanol–water partition coefficient (Wildman–Crippen LogP) is 3.45. The van der Waals surface area contributed by atoms with Gasteiger partial charge in [0.25, 0.3) is 5.91 Å². The number of nitrogen functional groups attached to an aromatic ring is 1. The Kier molecular flexibility index (Phi) is 3.66. The van der Waals surface area contributed by atoms with Gasteiger partial charge in [0.15, 0.2) is 11.6 Å². The smallest absolute Gasteiger partial charge is 0.257 e. The summed E-state index contributed by atoms with van der Waals surface area (Å²) in [5.41, 5.74) is 6.22. The third kappa shape index (κ3) is 3.00. The van der Waals surface area contributed by atoms with Gasteiger partial charge in [-0.1, -0.05) is 11.6 Å². The van der Waals surface area contributed by atoms with Crippen molar-refractivity contribution in [3.05, 3.63) is 58.6 Å². The summed E-state index contributed by atoms with van der Waals surface area (Å²) in [5, 5.41) is 2.63. The second-order valence-corrected chi connectivity index (χ2v) is 4.23. The second kappa shape index (κ2) is 5.24. The molecule has 6 heteroatoms. The number of hydrogen-bond donors (Lipinski definition) is 2. The fourth-order valence-electron chi connectivity index (χ4n) is 1.49. The Labute approximate surface area is 113 Å². The van der Waals surface area contributed by atoms with E-state index in [1.807, 2.05) is 0 Å². The topological polar surface area (TPSA) is 55.1 Å². The monoisotopic (exact) mass is 282 g/mol. The first-order chi connectivity index (χ1) is 8.97. The Bertz CT molecular complexity index is 647. The molecule has 98 valence electrons. The molecule has 0 saturated carbocycles. The van der Waals surface area contributed by atoms with Gasteiger partial charge >= 0.3 is 0 Å². The molecule has 3 N–H and O–H groups in total. The lowest BCUT2D eigenvalue weighted by Gasteiger charge is -2.07. The van der Waals surface area contributed by atoms with E-state index in [1.165, 1.54) is 18.2 Å². The van der Waals surface area contributed by atoms with Crippen LogP contribution in [-0.4, -0.2) is 5.91 Å². The first kappa shape index (κ1) is 13.3. The molecule has 3 nitrogen and oxygen atoms in total. The molecular weight excluding hydrogens is 274 g/mol. The van der Waals surface area contributed by atoms with Gasteiger partial charge in [0.1, 0.15) is 0 Å². The number of anilines is 2. The van der Waals surface area contributed by atoms with E-state index in [2.05, 4.69) is 5.32 Å². The van der Waals surface area contributed by atoms with E-state index in [4.69, 9.17) is 17.3 Å². The van der Waals surface area contributed by atoms with Gasteiger partial charge < -0.3 is 11.1 Å². The molecule has 0 radical (unpaired) electrons. The van der Waals surface area contributed by atoms with Crippen molar-refractivity contribution in [2.24, 2.45) is 0 Å². The summed E-state index contributed by atoms with van der Waals surface area (Å²) in [5.74, 6) is -2.58. The van der Waals surface area contributed by atoms with Crippen LogP contribution in [0.25, 0.3) is 0 Å². The molecule has 0 aliphatic rings. The lowest BCUT2D eigenvalue weighted by Crippen LogP contribution is -2.13. The maximum Gasteiger partial charge on any atom is 0.257 e. The molecular formula is C13H9ClF2N2O. The minimum atomic E-state index is -1.04. The van der Waals surface area contributed by atoms with Crippen molar-refractivity contribution in [1.82, 2.24) is 0 Å². The molecule has 2 rings (SSSR count). The molecule has 0 aromatic heterocycles. The zero-order valence-electron chi connectivity index (χ0n) is 9.58. The lowest BCUT2D eigenvalue weighted by atomic mass is 10.2. The van der Waals surface area contributed by atoms with E-state index < -0.39 is 17.5 Å². The maximum atomic E-state index is 13.0. The van der Waals surface area contributed by atoms with Crippen LogP contribution >= 0.6 is 11.6 Å². The molecule has 0 aliphatic carbocycles. The third-order valence-corrected chi connectivity index (χ3v) is 2.74. The number of hydrogen-bond acceptors (Lipinski definition) is 2. The highest BCUT2D eigenvalue weighted by molar-refractivity contribution is 6.34. The van der Waals surface area contributed by atoms with Crippen molar-refractivity contribution < 1.29 is 13.6 Å². The number of nitrogens with one attached hydrogen (secondary N) is 1. The van der Waals surface area contributed by atoms with Crippen molar-refractivity contribution >= 4 is 28.9 Å². The SMILES string of the molecule is Nc1ccc(Cl)c(C(=O)Nc2ccc(F)c(F)c2)c1. The fraction of sp³-hybridized carbons (Fsp3) is 0. The van der Waals surface area contributed by atoms with Gasteiger partial charge in [-0.25, -0.2) is 8.78 Å². The Morgan fingerprint density at radius 2 is 1.84 bits per heavy atom. The highest BCUT2D eigenvalue weighted by Crippen LogP contribution is 2.21. The molecule has 0 unspecified atom stereocenters. The van der Waals surface area contributed by atoms with Gasteiger partial charge in [0, 0.05) is 17.4 Å². The molecule has 0 atom stereocenters. The number of carbonyl (C=O) groups excluding carboxylic acids is 1. The molecule has 2 aromatic rings. The summed E-state index contributed by atoms with van der Waals surface area (Å²) in [6.07, 6.45) is 0. The van der Waals surface area contributed by atoms with Gasteiger partial charge in [-0.3, -0.25) is 4.79 Å². The fourth-order valence-corrected chi connectivity index (χ4v) is 1.69. The lowest BCUT2D eigenvalue weighted by molar-refractivity contribution is 0.102. The van der Waals surface area contributed by atoms with Crippen LogP contribution in [0.15, 0.2) is 36.4 Å². The molecule has 0 aliphatic heterocycles. The van der Waals surface area contributed by atoms with Gasteiger partial charge in [-0.05, 0) is 30.3 Å². The minimum absolute atomic E-state index is 0.127. The second-order valence-electron chi connectivity index (χ2n) is 3.82. The number of carbonyl (C=O) groups is 1. The normalized spacial score (nSPS) is 10.3. The van der Waals surface area contributed by atoms with Crippen molar-refractivity contribution in [2.45, 2.75) is 0 Å². The summed E-state index contributed by atoms with van der Waals surface area (Å²) >= 11 is 5.86. The number of halogens is 3. The van der Waals surface area contributed by atoms with E-state index in [0.717, 1.165) is 12.1 Å². The molecule has 0 heterocycles. The summed E-state index contributed by atoms with van der Waals surface area (Å²) in [6.45, 7) is 0. The van der Waals surface area contributed by atoms with Crippen LogP contribution < -0.4 is 11.1 Å². The highest BCUT2D eigenvalue weighted by Gasteiger charge is 2.12. The van der Waals surface area contributed by atoms with Crippen LogP contribution in [0.2, 0.25) is 5.02 Å². The van der Waals surface area contributed by atoms with Crippen LogP contribution in [-0.2, 0) is 0 Å². The number of rotatable bonds is 2. The van der Waals surface area contributed by atoms with E-state index in [9.17, 15) is 13.6 Å². The number of amides is 1. The largest absolute Gasteiger partial charge is 0.399 e. The van der Waals surface area contributed by atoms with Crippen molar-refractivity contribution in [1.29, 1.82) is 0 Å². The zero-order chi connectivity index (χ0) is 14.0. The summed E-state index contributed by atoms with van der Waals surface area (Å²) in [4.78, 5) is 11.9. The Hall–Kier alpha value is -2.14. The quantitative estimate of drug-likeness (QED) is 0.829. The number of nitrogens with two attached hydrogens (primary N) is 1. The molecule has 0 bridgehead atoms. The molecule has 2 aromatic carbocycles. The number of benzene rings is 2. The Morgan fingerprint density at radius 1 is 1.11 bits per heavy atom. The van der Waals surface area contributed by atoms with E-state index in [0.29, 0.717) is 5.69 Å². The average molecular weight is 283 g/mol. The van der Waals surface area contributed by atoms with Crippen LogP contribution in [0.3, 0.4) is 0 Å². The molecule has 19 heavy (non-hydrogen) atoms. The van der Waals surface area contributed by atoms with Gasteiger partial charge in [-0.2, -0.15) is 0 Å². The average Bonchev–Trinajstić information content (AvgIpc) is 2.36. The molecule has 0 spiro atoms. The van der Waals surface area contributed by atoms with E-state index >= 15 is 0 Å². The minimum Gasteiger partial charge on any atom is -0.399 e. The van der Waals surface area contributed by atoms with Crippen LogP contribution in [0, 0.1) is 11.6 Å². The summed E-state index contributed by atoms with van der Waals surface area (Å²) in [6, 6.07) is 7.49. The highest BCUT2D eigenvalue weighted by atomic mass is 35.5. The first-order valence-corrected chi connectivity index (χ1v) is 5.66. The van der Waals surface area contributed by atoms with Crippen molar-refractivity contribution in [2.75, 3.05) is 11.1 Å². The van der Waals surface area contributed by atoms with Gasteiger partial charge in [0.05, 0.1) is 10.6 Å². The predicted molar refractivity (Wildman–Crippen MR) is 70.2 cm³/mol. The third-order valence-electron chi connectivity index (χ3n) is 2.41. The summed E-state index contributed by atoms with van der Waals surface area (Å²) < 4.78 is 25.8. The maximum absolute atomic E-state index is 13.0. The van der Waals surface area contributed by atoms with Crippen molar-refractivity contribution in [3.8, 4) is 0 Å². The van der Waals surface area contributed by atoms with Crippen LogP contribution in [0.5, 0.6) is 0 Å². The van der Waals surface area contributed by atoms with Crippen LogP contribution in [0.4, 0.5) is 20.2 Å². The van der Waals surface area contributed by atoms with Crippen molar-refractivity contribution in [3.63, 3.8) is 0 Å². The first-order valence-electron chi connectivity index (χ1n) is 5.29. The zero-order valence-corrected chi connectivity index (χ0v) is 10.3. The van der Waals surface area contributed by atoms with E-state index in [1.54, 1.807) is 6.07 Å². The molecule has 1 amide bonds. The summed E-state index contributed by atoms with van der Waals surface area (Å²) in [7, 11) is 0. The van der Waals surface area contributed by atoms with Gasteiger partial charge in [-0.15, -0.1) is 0 Å². The molecule has 0 saturated heterocycles. The van der Waals surface area contributed by atoms with Crippen LogP contribution in [0.1, 0.15) is 10.4 Å². The standard InChI is InChI=1S/C13H9ClF2N2O/c14-10-3-1-7(17)5-9(10)13(19)18-8-2-4-11(15)12(16)6-8/h1-6H,17H2,(H,18,19). The Balaban J connectivity index is 2.25. The Morgan fingerprint density at radius 3 is 2.53 bits per heavy atom. The van der Waals surface area contributed by atoms with Gasteiger partial charge in [0.2, 0.25) is 0 Å². The van der Waals surface area contributed by atoms with E-state index in [-0.39, 0.29) is 16.3 Å².